The van der Waals surface area contributed by atoms with Crippen LogP contribution in [0, 0.1) is 6.92 Å². The Labute approximate surface area is 173 Å². The molecular weight excluding hydrogens is 384 g/mol. The van der Waals surface area contributed by atoms with Gasteiger partial charge in [-0.2, -0.15) is 5.10 Å². The summed E-state index contributed by atoms with van der Waals surface area (Å²) >= 11 is 0. The molecule has 0 atom stereocenters. The third-order valence-electron chi connectivity index (χ3n) is 4.16. The second-order valence-electron chi connectivity index (χ2n) is 6.51. The molecule has 0 saturated carbocycles. The Kier molecular flexibility index (Phi) is 6.59. The van der Waals surface area contributed by atoms with Crippen molar-refractivity contribution in [2.75, 3.05) is 17.2 Å². The zero-order valence-electron chi connectivity index (χ0n) is 16.7. The molecule has 3 rings (SSSR count). The van der Waals surface area contributed by atoms with E-state index in [4.69, 9.17) is 4.74 Å². The van der Waals surface area contributed by atoms with Crippen LogP contribution in [0.3, 0.4) is 0 Å². The molecule has 2 N–H and O–H groups in total. The Balaban J connectivity index is 1.72. The fourth-order valence-electron chi connectivity index (χ4n) is 2.69. The van der Waals surface area contributed by atoms with Crippen molar-refractivity contribution in [2.45, 2.75) is 20.4 Å². The summed E-state index contributed by atoms with van der Waals surface area (Å²) in [6.07, 6.45) is 0. The van der Waals surface area contributed by atoms with Crippen molar-refractivity contribution < 1.29 is 14.3 Å². The van der Waals surface area contributed by atoms with Crippen LogP contribution in [0.4, 0.5) is 11.4 Å². The molecule has 8 nitrogen and oxygen atoms in total. The highest BCUT2D eigenvalue weighted by molar-refractivity contribution is 6.02. The standard InChI is InChI=1S/C22H22N4O4/c1-3-30-19-7-5-4-6-17(19)24-20(27)14-26-21(28)13-12-18(25-26)22(29)23-16-10-8-15(2)9-11-16/h4-13H,3,14H2,1-2H3,(H,23,29)(H,24,27). The minimum absolute atomic E-state index is 0.0256. The molecular formula is C22H22N4O4. The summed E-state index contributed by atoms with van der Waals surface area (Å²) in [6.45, 7) is 3.90. The highest BCUT2D eigenvalue weighted by Gasteiger charge is 2.13. The van der Waals surface area contributed by atoms with Crippen LogP contribution < -0.4 is 20.9 Å². The number of nitrogens with one attached hydrogen (secondary N) is 2. The third kappa shape index (κ3) is 5.32. The van der Waals surface area contributed by atoms with Gasteiger partial charge in [-0.3, -0.25) is 14.4 Å². The van der Waals surface area contributed by atoms with Crippen LogP contribution in [-0.4, -0.2) is 28.2 Å². The van der Waals surface area contributed by atoms with Crippen molar-refractivity contribution >= 4 is 23.2 Å². The minimum Gasteiger partial charge on any atom is -0.492 e. The first-order chi connectivity index (χ1) is 14.5. The quantitative estimate of drug-likeness (QED) is 0.628. The number of aromatic nitrogens is 2. The molecule has 0 fully saturated rings. The second kappa shape index (κ2) is 9.51. The normalized spacial score (nSPS) is 10.3. The predicted octanol–water partition coefficient (Wildman–Crippen LogP) is 2.84. The number of carbonyl (C=O) groups excluding carboxylic acids is 2. The van der Waals surface area contributed by atoms with Gasteiger partial charge < -0.3 is 15.4 Å². The lowest BCUT2D eigenvalue weighted by molar-refractivity contribution is -0.117. The SMILES string of the molecule is CCOc1ccccc1NC(=O)Cn1nc(C(=O)Nc2ccc(C)cc2)ccc1=O. The van der Waals surface area contributed by atoms with E-state index in [0.717, 1.165) is 10.2 Å². The highest BCUT2D eigenvalue weighted by atomic mass is 16.5. The summed E-state index contributed by atoms with van der Waals surface area (Å²) in [5.41, 5.74) is 1.70. The van der Waals surface area contributed by atoms with Gasteiger partial charge in [0.2, 0.25) is 5.91 Å². The van der Waals surface area contributed by atoms with Crippen molar-refractivity contribution in [3.05, 3.63) is 82.3 Å². The molecule has 1 heterocycles. The Morgan fingerprint density at radius 3 is 2.47 bits per heavy atom. The Morgan fingerprint density at radius 2 is 1.73 bits per heavy atom. The van der Waals surface area contributed by atoms with Gasteiger partial charge in [-0.25, -0.2) is 4.68 Å². The third-order valence-corrected chi connectivity index (χ3v) is 4.16. The average Bonchev–Trinajstić information content (AvgIpc) is 2.73. The molecule has 0 aliphatic carbocycles. The van der Waals surface area contributed by atoms with Gasteiger partial charge in [-0.1, -0.05) is 29.8 Å². The number of ether oxygens (including phenoxy) is 1. The molecule has 2 aromatic carbocycles. The first-order valence-corrected chi connectivity index (χ1v) is 9.44. The summed E-state index contributed by atoms with van der Waals surface area (Å²) in [7, 11) is 0. The Bertz CT molecular complexity index is 1110. The lowest BCUT2D eigenvalue weighted by Crippen LogP contribution is -2.31. The summed E-state index contributed by atoms with van der Waals surface area (Å²) in [5, 5.41) is 9.44. The number of anilines is 2. The molecule has 0 saturated heterocycles. The zero-order valence-corrected chi connectivity index (χ0v) is 16.7. The van der Waals surface area contributed by atoms with Crippen molar-refractivity contribution in [3.8, 4) is 5.75 Å². The van der Waals surface area contributed by atoms with Gasteiger partial charge in [0.25, 0.3) is 11.5 Å². The summed E-state index contributed by atoms with van der Waals surface area (Å²) in [6, 6.07) is 16.8. The van der Waals surface area contributed by atoms with E-state index in [1.807, 2.05) is 26.0 Å². The van der Waals surface area contributed by atoms with Crippen LogP contribution in [-0.2, 0) is 11.3 Å². The maximum atomic E-state index is 12.4. The maximum Gasteiger partial charge on any atom is 0.276 e. The molecule has 154 valence electrons. The molecule has 8 heteroatoms. The van der Waals surface area contributed by atoms with Gasteiger partial charge in [0, 0.05) is 11.8 Å². The Hall–Kier alpha value is -3.94. The van der Waals surface area contributed by atoms with E-state index in [0.29, 0.717) is 23.7 Å². The van der Waals surface area contributed by atoms with Crippen LogP contribution >= 0.6 is 0 Å². The number of amides is 2. The highest BCUT2D eigenvalue weighted by Crippen LogP contribution is 2.23. The van der Waals surface area contributed by atoms with Gasteiger partial charge in [0.15, 0.2) is 0 Å². The van der Waals surface area contributed by atoms with E-state index in [1.54, 1.807) is 36.4 Å². The number of carbonyl (C=O) groups is 2. The van der Waals surface area contributed by atoms with Gasteiger partial charge in [0.1, 0.15) is 18.0 Å². The zero-order chi connectivity index (χ0) is 21.5. The average molecular weight is 406 g/mol. The first kappa shape index (κ1) is 20.8. The summed E-state index contributed by atoms with van der Waals surface area (Å²) in [5.74, 6) is -0.414. The van der Waals surface area contributed by atoms with Gasteiger partial charge in [-0.15, -0.1) is 0 Å². The van der Waals surface area contributed by atoms with Crippen LogP contribution in [0.15, 0.2) is 65.5 Å². The Morgan fingerprint density at radius 1 is 1.00 bits per heavy atom. The molecule has 0 spiro atoms. The fourth-order valence-corrected chi connectivity index (χ4v) is 2.69. The number of benzene rings is 2. The van der Waals surface area contributed by atoms with E-state index in [1.165, 1.54) is 12.1 Å². The van der Waals surface area contributed by atoms with Crippen LogP contribution in [0.2, 0.25) is 0 Å². The number of hydrogen-bond acceptors (Lipinski definition) is 5. The topological polar surface area (TPSA) is 102 Å². The van der Waals surface area contributed by atoms with E-state index in [-0.39, 0.29) is 12.2 Å². The maximum absolute atomic E-state index is 12.4. The summed E-state index contributed by atoms with van der Waals surface area (Å²) in [4.78, 5) is 37.0. The minimum atomic E-state index is -0.491. The van der Waals surface area contributed by atoms with Crippen molar-refractivity contribution in [1.29, 1.82) is 0 Å². The lowest BCUT2D eigenvalue weighted by Gasteiger charge is -2.12. The molecule has 0 aliphatic heterocycles. The fraction of sp³-hybridized carbons (Fsp3) is 0.182. The van der Waals surface area contributed by atoms with Gasteiger partial charge in [0.05, 0.1) is 12.3 Å². The van der Waals surface area contributed by atoms with Gasteiger partial charge in [-0.05, 0) is 44.2 Å². The number of nitrogens with zero attached hydrogens (tertiary/aromatic N) is 2. The molecule has 3 aromatic rings. The molecule has 30 heavy (non-hydrogen) atoms. The molecule has 2 amide bonds. The van der Waals surface area contributed by atoms with Gasteiger partial charge >= 0.3 is 0 Å². The van der Waals surface area contributed by atoms with E-state index < -0.39 is 17.4 Å². The number of hydrogen-bond donors (Lipinski definition) is 2. The van der Waals surface area contributed by atoms with Crippen molar-refractivity contribution in [2.24, 2.45) is 0 Å². The molecule has 1 aromatic heterocycles. The predicted molar refractivity (Wildman–Crippen MR) is 114 cm³/mol. The number of aryl methyl sites for hydroxylation is 1. The number of para-hydroxylation sites is 2. The molecule has 0 aliphatic rings. The number of rotatable bonds is 7. The molecule has 0 bridgehead atoms. The van der Waals surface area contributed by atoms with Crippen LogP contribution in [0.25, 0.3) is 0 Å². The first-order valence-electron chi connectivity index (χ1n) is 9.44. The smallest absolute Gasteiger partial charge is 0.276 e. The lowest BCUT2D eigenvalue weighted by atomic mass is 10.2. The van der Waals surface area contributed by atoms with E-state index in [2.05, 4.69) is 15.7 Å². The molecule has 0 radical (unpaired) electrons. The second-order valence-corrected chi connectivity index (χ2v) is 6.51. The monoisotopic (exact) mass is 406 g/mol. The summed E-state index contributed by atoms with van der Waals surface area (Å²) < 4.78 is 6.42. The molecule has 0 unspecified atom stereocenters. The largest absolute Gasteiger partial charge is 0.492 e. The van der Waals surface area contributed by atoms with E-state index >= 15 is 0 Å². The van der Waals surface area contributed by atoms with Crippen LogP contribution in [0.1, 0.15) is 23.0 Å². The van der Waals surface area contributed by atoms with Crippen LogP contribution in [0.5, 0.6) is 5.75 Å². The van der Waals surface area contributed by atoms with Crippen molar-refractivity contribution in [1.82, 2.24) is 9.78 Å². The van der Waals surface area contributed by atoms with E-state index in [9.17, 15) is 14.4 Å². The van der Waals surface area contributed by atoms with Crippen molar-refractivity contribution in [3.63, 3.8) is 0 Å².